The minimum atomic E-state index is -0.233. The van der Waals surface area contributed by atoms with Crippen molar-refractivity contribution >= 4 is 12.4 Å². The molecule has 0 fully saturated rings. The Labute approximate surface area is 120 Å². The van der Waals surface area contributed by atoms with Gasteiger partial charge < -0.3 is 5.73 Å². The predicted octanol–water partition coefficient (Wildman–Crippen LogP) is 4.50. The lowest BCUT2D eigenvalue weighted by molar-refractivity contribution is 0.626. The molecule has 2 aromatic rings. The largest absolute Gasteiger partial charge is 0.326 e. The zero-order valence-corrected chi connectivity index (χ0v) is 12.0. The predicted molar refractivity (Wildman–Crippen MR) is 81.1 cm³/mol. The van der Waals surface area contributed by atoms with Crippen LogP contribution >= 0.6 is 12.4 Å². The summed E-state index contributed by atoms with van der Waals surface area (Å²) in [5.74, 6) is 0.232. The average molecular weight is 280 g/mol. The quantitative estimate of drug-likeness (QED) is 0.880. The van der Waals surface area contributed by atoms with Crippen molar-refractivity contribution < 1.29 is 4.39 Å². The SMILES string of the molecule is CC(C)c1cccc(-c2cc(F)cc(CN)c2)c1.Cl. The number of rotatable bonds is 3. The molecular weight excluding hydrogens is 261 g/mol. The molecule has 0 aliphatic heterocycles. The van der Waals surface area contributed by atoms with Crippen molar-refractivity contribution in [1.82, 2.24) is 0 Å². The molecule has 0 heterocycles. The van der Waals surface area contributed by atoms with Gasteiger partial charge >= 0.3 is 0 Å². The van der Waals surface area contributed by atoms with Crippen LogP contribution in [-0.2, 0) is 6.54 Å². The lowest BCUT2D eigenvalue weighted by Crippen LogP contribution is -1.97. The maximum atomic E-state index is 13.5. The first-order chi connectivity index (χ1) is 8.60. The summed E-state index contributed by atoms with van der Waals surface area (Å²) >= 11 is 0. The monoisotopic (exact) mass is 279 g/mol. The average Bonchev–Trinajstić information content (AvgIpc) is 2.38. The van der Waals surface area contributed by atoms with E-state index in [-0.39, 0.29) is 18.2 Å². The molecule has 0 aliphatic carbocycles. The van der Waals surface area contributed by atoms with Crippen molar-refractivity contribution in [3.05, 3.63) is 59.4 Å². The molecule has 0 atom stereocenters. The topological polar surface area (TPSA) is 26.0 Å². The summed E-state index contributed by atoms with van der Waals surface area (Å²) in [5.41, 5.74) is 9.58. The molecule has 0 aromatic heterocycles. The van der Waals surface area contributed by atoms with Crippen LogP contribution in [0.3, 0.4) is 0 Å². The summed E-state index contributed by atoms with van der Waals surface area (Å²) in [6.45, 7) is 4.65. The first-order valence-corrected chi connectivity index (χ1v) is 6.20. The standard InChI is InChI=1S/C16H18FN.ClH/c1-11(2)13-4-3-5-14(8-13)15-6-12(10-18)7-16(17)9-15;/h3-9,11H,10,18H2,1-2H3;1H. The Balaban J connectivity index is 0.00000180. The molecule has 0 bridgehead atoms. The molecule has 19 heavy (non-hydrogen) atoms. The number of benzene rings is 2. The maximum absolute atomic E-state index is 13.5. The van der Waals surface area contributed by atoms with Gasteiger partial charge in [0, 0.05) is 6.54 Å². The summed E-state index contributed by atoms with van der Waals surface area (Å²) < 4.78 is 13.5. The van der Waals surface area contributed by atoms with Crippen molar-refractivity contribution in [2.75, 3.05) is 0 Å². The van der Waals surface area contributed by atoms with Gasteiger partial charge in [0.1, 0.15) is 5.82 Å². The van der Waals surface area contributed by atoms with Crippen molar-refractivity contribution in [2.45, 2.75) is 26.3 Å². The van der Waals surface area contributed by atoms with Gasteiger partial charge in [-0.1, -0.05) is 38.1 Å². The van der Waals surface area contributed by atoms with Crippen LogP contribution in [0.15, 0.2) is 42.5 Å². The van der Waals surface area contributed by atoms with Crippen molar-refractivity contribution in [2.24, 2.45) is 5.73 Å². The van der Waals surface area contributed by atoms with E-state index in [1.165, 1.54) is 11.6 Å². The van der Waals surface area contributed by atoms with Crippen LogP contribution in [0.25, 0.3) is 11.1 Å². The van der Waals surface area contributed by atoms with Gasteiger partial charge in [-0.05, 0) is 46.4 Å². The molecule has 2 N–H and O–H groups in total. The molecule has 0 saturated carbocycles. The van der Waals surface area contributed by atoms with Crippen LogP contribution in [-0.4, -0.2) is 0 Å². The van der Waals surface area contributed by atoms with Gasteiger partial charge in [0.15, 0.2) is 0 Å². The van der Waals surface area contributed by atoms with Crippen LogP contribution in [0, 0.1) is 5.82 Å². The minimum Gasteiger partial charge on any atom is -0.326 e. The lowest BCUT2D eigenvalue weighted by Gasteiger charge is -2.09. The number of hydrogen-bond acceptors (Lipinski definition) is 1. The Bertz CT molecular complexity index is 552. The van der Waals surface area contributed by atoms with Crippen molar-refractivity contribution in [3.63, 3.8) is 0 Å². The molecule has 0 aliphatic rings. The molecule has 0 saturated heterocycles. The molecule has 102 valence electrons. The fraction of sp³-hybridized carbons (Fsp3) is 0.250. The van der Waals surface area contributed by atoms with Gasteiger partial charge in [0.2, 0.25) is 0 Å². The smallest absolute Gasteiger partial charge is 0.124 e. The Kier molecular flexibility index (Phi) is 5.52. The molecule has 0 amide bonds. The second-order valence-corrected chi connectivity index (χ2v) is 4.83. The third kappa shape index (κ3) is 3.79. The van der Waals surface area contributed by atoms with E-state index in [1.807, 2.05) is 18.2 Å². The molecule has 3 heteroatoms. The van der Waals surface area contributed by atoms with Crippen LogP contribution in [0.1, 0.15) is 30.9 Å². The summed E-state index contributed by atoms with van der Waals surface area (Å²) in [4.78, 5) is 0. The molecular formula is C16H19ClFN. The third-order valence-corrected chi connectivity index (χ3v) is 3.08. The summed E-state index contributed by atoms with van der Waals surface area (Å²) in [6, 6.07) is 13.2. The highest BCUT2D eigenvalue weighted by Gasteiger charge is 2.05. The zero-order valence-electron chi connectivity index (χ0n) is 11.2. The Morgan fingerprint density at radius 2 is 1.79 bits per heavy atom. The van der Waals surface area contributed by atoms with Crippen LogP contribution in [0.5, 0.6) is 0 Å². The third-order valence-electron chi connectivity index (χ3n) is 3.08. The fourth-order valence-electron chi connectivity index (χ4n) is 2.01. The first kappa shape index (κ1) is 15.7. The van der Waals surface area contributed by atoms with E-state index in [0.29, 0.717) is 12.5 Å². The molecule has 0 radical (unpaired) electrons. The highest BCUT2D eigenvalue weighted by Crippen LogP contribution is 2.25. The number of halogens is 2. The molecule has 0 spiro atoms. The zero-order chi connectivity index (χ0) is 13.1. The Morgan fingerprint density at radius 1 is 1.05 bits per heavy atom. The highest BCUT2D eigenvalue weighted by atomic mass is 35.5. The normalized spacial score (nSPS) is 10.4. The number of hydrogen-bond donors (Lipinski definition) is 1. The van der Waals surface area contributed by atoms with Gasteiger partial charge in [-0.2, -0.15) is 0 Å². The van der Waals surface area contributed by atoms with E-state index in [0.717, 1.165) is 16.7 Å². The van der Waals surface area contributed by atoms with E-state index in [1.54, 1.807) is 6.07 Å². The van der Waals surface area contributed by atoms with Crippen LogP contribution in [0.2, 0.25) is 0 Å². The number of nitrogens with two attached hydrogens (primary N) is 1. The van der Waals surface area contributed by atoms with Crippen LogP contribution in [0.4, 0.5) is 4.39 Å². The summed E-state index contributed by atoms with van der Waals surface area (Å²) in [5, 5.41) is 0. The maximum Gasteiger partial charge on any atom is 0.124 e. The molecule has 2 rings (SSSR count). The van der Waals surface area contributed by atoms with E-state index in [4.69, 9.17) is 5.73 Å². The molecule has 1 nitrogen and oxygen atoms in total. The summed E-state index contributed by atoms with van der Waals surface area (Å²) in [6.07, 6.45) is 0. The van der Waals surface area contributed by atoms with E-state index < -0.39 is 0 Å². The molecule has 2 aromatic carbocycles. The highest BCUT2D eigenvalue weighted by molar-refractivity contribution is 5.85. The van der Waals surface area contributed by atoms with Crippen LogP contribution < -0.4 is 5.73 Å². The second-order valence-electron chi connectivity index (χ2n) is 4.83. The van der Waals surface area contributed by atoms with Gasteiger partial charge in [0.05, 0.1) is 0 Å². The van der Waals surface area contributed by atoms with E-state index >= 15 is 0 Å². The van der Waals surface area contributed by atoms with Crippen molar-refractivity contribution in [1.29, 1.82) is 0 Å². The lowest BCUT2D eigenvalue weighted by atomic mass is 9.96. The Morgan fingerprint density at radius 3 is 2.42 bits per heavy atom. The van der Waals surface area contributed by atoms with Gasteiger partial charge in [-0.3, -0.25) is 0 Å². The summed E-state index contributed by atoms with van der Waals surface area (Å²) in [7, 11) is 0. The second kappa shape index (κ2) is 6.69. The fourth-order valence-corrected chi connectivity index (χ4v) is 2.01. The van der Waals surface area contributed by atoms with E-state index in [2.05, 4.69) is 26.0 Å². The Hall–Kier alpha value is -1.38. The van der Waals surface area contributed by atoms with Gasteiger partial charge in [0.25, 0.3) is 0 Å². The van der Waals surface area contributed by atoms with Crippen molar-refractivity contribution in [3.8, 4) is 11.1 Å². The van der Waals surface area contributed by atoms with Gasteiger partial charge in [-0.25, -0.2) is 4.39 Å². The van der Waals surface area contributed by atoms with E-state index in [9.17, 15) is 4.39 Å². The van der Waals surface area contributed by atoms with Gasteiger partial charge in [-0.15, -0.1) is 12.4 Å². The minimum absolute atomic E-state index is 0. The molecule has 0 unspecified atom stereocenters. The first-order valence-electron chi connectivity index (χ1n) is 6.20.